The lowest BCUT2D eigenvalue weighted by Gasteiger charge is -2.33. The first-order valence-corrected chi connectivity index (χ1v) is 9.71. The van der Waals surface area contributed by atoms with Crippen LogP contribution in [0.25, 0.3) is 0 Å². The molecule has 1 aromatic rings. The lowest BCUT2D eigenvalue weighted by molar-refractivity contribution is -0.134. The van der Waals surface area contributed by atoms with Crippen LogP contribution in [-0.4, -0.2) is 45.6 Å². The van der Waals surface area contributed by atoms with Crippen LogP contribution in [0.15, 0.2) is 41.1 Å². The molecule has 0 aliphatic carbocycles. The van der Waals surface area contributed by atoms with Gasteiger partial charge in [-0.1, -0.05) is 25.5 Å². The van der Waals surface area contributed by atoms with Gasteiger partial charge in [0, 0.05) is 19.8 Å². The fourth-order valence-electron chi connectivity index (χ4n) is 2.42. The van der Waals surface area contributed by atoms with Crippen molar-refractivity contribution in [2.75, 3.05) is 32.2 Å². The van der Waals surface area contributed by atoms with E-state index in [4.69, 9.17) is 4.74 Å². The van der Waals surface area contributed by atoms with Crippen molar-refractivity contribution in [2.24, 2.45) is 0 Å². The molecule has 0 saturated heterocycles. The third-order valence-corrected chi connectivity index (χ3v) is 5.61. The Balaban J connectivity index is 2.20. The number of fused-ring (bicyclic) bond motifs is 1. The Hall–Kier alpha value is -2.06. The van der Waals surface area contributed by atoms with Gasteiger partial charge in [-0.25, -0.2) is 13.2 Å². The number of esters is 1. The van der Waals surface area contributed by atoms with Crippen LogP contribution in [0.1, 0.15) is 26.2 Å². The Morgan fingerprint density at radius 3 is 2.68 bits per heavy atom. The smallest absolute Gasteiger partial charge is 0.334 e. The van der Waals surface area contributed by atoms with Crippen molar-refractivity contribution in [1.82, 2.24) is 4.31 Å². The molecule has 0 fully saturated rings. The average molecular weight is 368 g/mol. The number of unbranched alkanes of at least 4 members (excludes halogenated alkanes) is 1. The molecule has 0 radical (unpaired) electrons. The fraction of sp³-hybridized carbons (Fsp3) is 0.471. The zero-order valence-electron chi connectivity index (χ0n) is 14.5. The molecular formula is C17H24N2O5S. The SMILES string of the molecule is CCCCOCCCN1/C(=C\C(=O)OC)Nc2ccccc2S1(=O)=O. The quantitative estimate of drug-likeness (QED) is 0.431. The third kappa shape index (κ3) is 4.73. The second-order valence-electron chi connectivity index (χ2n) is 5.57. The number of hydrogen-bond acceptors (Lipinski definition) is 6. The number of carbonyl (C=O) groups is 1. The summed E-state index contributed by atoms with van der Waals surface area (Å²) in [5, 5.41) is 3.00. The number of methoxy groups -OCH3 is 1. The van der Waals surface area contributed by atoms with Crippen molar-refractivity contribution in [3.63, 3.8) is 0 Å². The number of carbonyl (C=O) groups excluding carboxylic acids is 1. The summed E-state index contributed by atoms with van der Waals surface area (Å²) >= 11 is 0. The summed E-state index contributed by atoms with van der Waals surface area (Å²) in [6, 6.07) is 6.59. The molecule has 1 aliphatic heterocycles. The number of hydrogen-bond donors (Lipinski definition) is 1. The lowest BCUT2D eigenvalue weighted by atomic mass is 10.3. The van der Waals surface area contributed by atoms with Crippen LogP contribution in [-0.2, 0) is 24.3 Å². The fourth-order valence-corrected chi connectivity index (χ4v) is 4.03. The van der Waals surface area contributed by atoms with Gasteiger partial charge in [0.15, 0.2) is 0 Å². The molecule has 1 heterocycles. The molecule has 1 aliphatic rings. The van der Waals surface area contributed by atoms with Crippen LogP contribution in [0, 0.1) is 0 Å². The Bertz CT molecular complexity index is 730. The van der Waals surface area contributed by atoms with Crippen LogP contribution in [0.4, 0.5) is 5.69 Å². The molecule has 2 rings (SSSR count). The minimum atomic E-state index is -3.74. The van der Waals surface area contributed by atoms with Crippen LogP contribution in [0.2, 0.25) is 0 Å². The summed E-state index contributed by atoms with van der Waals surface area (Å²) in [6.45, 7) is 3.41. The van der Waals surface area contributed by atoms with Crippen molar-refractivity contribution in [3.8, 4) is 0 Å². The molecule has 0 amide bonds. The van der Waals surface area contributed by atoms with Gasteiger partial charge in [-0.3, -0.25) is 4.31 Å². The molecule has 0 spiro atoms. The van der Waals surface area contributed by atoms with Gasteiger partial charge in [0.1, 0.15) is 10.7 Å². The average Bonchev–Trinajstić information content (AvgIpc) is 2.60. The highest BCUT2D eigenvalue weighted by atomic mass is 32.2. The summed E-state index contributed by atoms with van der Waals surface area (Å²) in [5.41, 5.74) is 0.438. The Morgan fingerprint density at radius 2 is 1.96 bits per heavy atom. The normalized spacial score (nSPS) is 17.0. The summed E-state index contributed by atoms with van der Waals surface area (Å²) in [6.07, 6.45) is 3.69. The van der Waals surface area contributed by atoms with E-state index in [0.717, 1.165) is 18.9 Å². The molecule has 8 heteroatoms. The van der Waals surface area contributed by atoms with E-state index in [1.165, 1.54) is 17.5 Å². The predicted molar refractivity (Wildman–Crippen MR) is 94.4 cm³/mol. The molecule has 138 valence electrons. The molecule has 25 heavy (non-hydrogen) atoms. The summed E-state index contributed by atoms with van der Waals surface area (Å²) in [7, 11) is -2.50. The molecule has 1 aromatic carbocycles. The van der Waals surface area contributed by atoms with Gasteiger partial charge in [0.2, 0.25) is 0 Å². The van der Waals surface area contributed by atoms with Crippen molar-refractivity contribution in [1.29, 1.82) is 0 Å². The Kier molecular flexibility index (Phi) is 6.83. The molecule has 0 unspecified atom stereocenters. The maximum Gasteiger partial charge on any atom is 0.334 e. The highest BCUT2D eigenvalue weighted by Crippen LogP contribution is 2.33. The van der Waals surface area contributed by atoms with Gasteiger partial charge in [0.25, 0.3) is 10.0 Å². The largest absolute Gasteiger partial charge is 0.466 e. The van der Waals surface area contributed by atoms with Crippen molar-refractivity contribution < 1.29 is 22.7 Å². The Labute approximate surface area is 148 Å². The maximum atomic E-state index is 12.9. The zero-order chi connectivity index (χ0) is 18.3. The van der Waals surface area contributed by atoms with Gasteiger partial charge >= 0.3 is 5.97 Å². The number of rotatable bonds is 8. The van der Waals surface area contributed by atoms with Crippen LogP contribution < -0.4 is 5.32 Å². The van der Waals surface area contributed by atoms with E-state index in [0.29, 0.717) is 25.3 Å². The van der Waals surface area contributed by atoms with Crippen molar-refractivity contribution in [2.45, 2.75) is 31.1 Å². The first-order valence-electron chi connectivity index (χ1n) is 8.27. The van der Waals surface area contributed by atoms with Gasteiger partial charge in [-0.15, -0.1) is 0 Å². The van der Waals surface area contributed by atoms with E-state index in [9.17, 15) is 13.2 Å². The molecule has 0 aromatic heterocycles. The van der Waals surface area contributed by atoms with Gasteiger partial charge < -0.3 is 14.8 Å². The van der Waals surface area contributed by atoms with Crippen molar-refractivity contribution >= 4 is 21.7 Å². The minimum absolute atomic E-state index is 0.180. The second kappa shape index (κ2) is 8.87. The number of para-hydroxylation sites is 1. The highest BCUT2D eigenvalue weighted by Gasteiger charge is 2.34. The molecule has 7 nitrogen and oxygen atoms in total. The third-order valence-electron chi connectivity index (χ3n) is 3.73. The Morgan fingerprint density at radius 1 is 1.24 bits per heavy atom. The predicted octanol–water partition coefficient (Wildman–Crippen LogP) is 2.32. The van der Waals surface area contributed by atoms with Crippen molar-refractivity contribution in [3.05, 3.63) is 36.2 Å². The van der Waals surface area contributed by atoms with E-state index in [1.54, 1.807) is 18.2 Å². The topological polar surface area (TPSA) is 84.9 Å². The van der Waals surface area contributed by atoms with Gasteiger partial charge in [-0.05, 0) is 25.0 Å². The molecular weight excluding hydrogens is 344 g/mol. The van der Waals surface area contributed by atoms with E-state index in [2.05, 4.69) is 17.0 Å². The molecule has 0 atom stereocenters. The number of nitrogens with one attached hydrogen (secondary N) is 1. The first kappa shape index (κ1) is 19.3. The number of nitrogens with zero attached hydrogens (tertiary/aromatic N) is 1. The number of ether oxygens (including phenoxy) is 2. The van der Waals surface area contributed by atoms with E-state index >= 15 is 0 Å². The lowest BCUT2D eigenvalue weighted by Crippen LogP contribution is -2.39. The molecule has 0 saturated carbocycles. The molecule has 1 N–H and O–H groups in total. The summed E-state index contributed by atoms with van der Waals surface area (Å²) in [5.74, 6) is -0.444. The van der Waals surface area contributed by atoms with Gasteiger partial charge in [-0.2, -0.15) is 0 Å². The minimum Gasteiger partial charge on any atom is -0.466 e. The number of anilines is 1. The number of benzene rings is 1. The summed E-state index contributed by atoms with van der Waals surface area (Å²) < 4.78 is 37.1. The van der Waals surface area contributed by atoms with E-state index in [1.807, 2.05) is 0 Å². The monoisotopic (exact) mass is 368 g/mol. The standard InChI is InChI=1S/C17H24N2O5S/c1-3-4-11-24-12-7-10-19-16(13-17(20)23-2)18-14-8-5-6-9-15(14)25(19,21)22/h5-6,8-9,13,18H,3-4,7,10-12H2,1-2H3/b16-13-. The van der Waals surface area contributed by atoms with Crippen LogP contribution >= 0.6 is 0 Å². The zero-order valence-corrected chi connectivity index (χ0v) is 15.3. The molecule has 0 bridgehead atoms. The highest BCUT2D eigenvalue weighted by molar-refractivity contribution is 7.89. The van der Waals surface area contributed by atoms with Crippen LogP contribution in [0.3, 0.4) is 0 Å². The van der Waals surface area contributed by atoms with E-state index in [-0.39, 0.29) is 17.3 Å². The van der Waals surface area contributed by atoms with Gasteiger partial charge in [0.05, 0.1) is 18.9 Å². The second-order valence-corrected chi connectivity index (χ2v) is 7.40. The maximum absolute atomic E-state index is 12.9. The van der Waals surface area contributed by atoms with E-state index < -0.39 is 16.0 Å². The number of sulfonamides is 1. The summed E-state index contributed by atoms with van der Waals surface area (Å²) in [4.78, 5) is 11.8. The first-order chi connectivity index (χ1) is 12.0. The van der Waals surface area contributed by atoms with Crippen LogP contribution in [0.5, 0.6) is 0 Å².